The van der Waals surface area contributed by atoms with E-state index in [9.17, 15) is 15.0 Å². The van der Waals surface area contributed by atoms with Crippen molar-refractivity contribution in [2.24, 2.45) is 0 Å². The van der Waals surface area contributed by atoms with Crippen LogP contribution in [0.5, 0.6) is 5.75 Å². The van der Waals surface area contributed by atoms with Gasteiger partial charge in [0.25, 0.3) is 0 Å². The average molecular weight is 306 g/mol. The molecule has 0 fully saturated rings. The Morgan fingerprint density at radius 2 is 2.00 bits per heavy atom. The van der Waals surface area contributed by atoms with Crippen molar-refractivity contribution < 1.29 is 14.6 Å². The second kappa shape index (κ2) is 8.59. The van der Waals surface area contributed by atoms with Gasteiger partial charge in [0.1, 0.15) is 11.5 Å². The van der Waals surface area contributed by atoms with Crippen molar-refractivity contribution >= 4 is 0 Å². The first-order valence-corrected chi connectivity index (χ1v) is 7.61. The molecule has 1 aromatic rings. The Hall–Kier alpha value is -1.81. The van der Waals surface area contributed by atoms with Crippen LogP contribution in [0.15, 0.2) is 38.6 Å². The summed E-state index contributed by atoms with van der Waals surface area (Å²) in [4.78, 5) is 11.9. The number of allylic oxidation sites excluding steroid dienone is 4. The minimum absolute atomic E-state index is 0.0692. The molecule has 1 heterocycles. The van der Waals surface area contributed by atoms with Crippen LogP contribution in [0.1, 0.15) is 51.9 Å². The van der Waals surface area contributed by atoms with Crippen molar-refractivity contribution in [3.8, 4) is 5.75 Å². The third-order valence-electron chi connectivity index (χ3n) is 3.32. The predicted molar refractivity (Wildman–Crippen MR) is 88.2 cm³/mol. The maximum absolute atomic E-state index is 11.9. The highest BCUT2D eigenvalue weighted by Gasteiger charge is 2.11. The van der Waals surface area contributed by atoms with E-state index in [0.717, 1.165) is 12.8 Å². The number of hydrogen-bond acceptors (Lipinski definition) is 4. The highest BCUT2D eigenvalue weighted by atomic mass is 16.4. The maximum Gasteiger partial charge on any atom is 0.343 e. The van der Waals surface area contributed by atoms with Gasteiger partial charge in [-0.15, -0.1) is 0 Å². The number of hydrogen-bond donors (Lipinski definition) is 2. The Kier molecular flexibility index (Phi) is 7.12. The second-order valence-electron chi connectivity index (χ2n) is 5.99. The summed E-state index contributed by atoms with van der Waals surface area (Å²) in [5, 5.41) is 19.3. The molecule has 0 saturated carbocycles. The van der Waals surface area contributed by atoms with Gasteiger partial charge in [0.05, 0.1) is 11.7 Å². The van der Waals surface area contributed by atoms with E-state index in [4.69, 9.17) is 4.42 Å². The lowest BCUT2D eigenvalue weighted by atomic mass is 10.1. The summed E-state index contributed by atoms with van der Waals surface area (Å²) in [5.74, 6) is 0.228. The minimum Gasteiger partial charge on any atom is -0.507 e. The van der Waals surface area contributed by atoms with Gasteiger partial charge in [-0.05, 0) is 40.5 Å². The average Bonchev–Trinajstić information content (AvgIpc) is 2.36. The van der Waals surface area contributed by atoms with Crippen LogP contribution in [0.3, 0.4) is 0 Å². The van der Waals surface area contributed by atoms with Gasteiger partial charge in [-0.2, -0.15) is 0 Å². The first-order valence-electron chi connectivity index (χ1n) is 7.61. The molecule has 0 amide bonds. The van der Waals surface area contributed by atoms with Gasteiger partial charge in [0, 0.05) is 18.9 Å². The number of aliphatic hydroxyl groups is 1. The predicted octanol–water partition coefficient (Wildman–Crippen LogP) is 3.50. The Bertz CT molecular complexity index is 602. The molecule has 122 valence electrons. The Balaban J connectivity index is 2.77. The van der Waals surface area contributed by atoms with E-state index in [1.165, 1.54) is 17.2 Å². The second-order valence-corrected chi connectivity index (χ2v) is 5.99. The zero-order valence-corrected chi connectivity index (χ0v) is 13.8. The SMILES string of the molecule is CC(C)=CCCC(C)=CCc1c(O)cc(C[C@H](C)O)oc1=O. The summed E-state index contributed by atoms with van der Waals surface area (Å²) in [6.07, 6.45) is 5.96. The summed E-state index contributed by atoms with van der Waals surface area (Å²) in [7, 11) is 0. The van der Waals surface area contributed by atoms with Crippen LogP contribution in [-0.4, -0.2) is 16.3 Å². The van der Waals surface area contributed by atoms with Crippen LogP contribution in [0.25, 0.3) is 0 Å². The van der Waals surface area contributed by atoms with E-state index in [1.807, 2.05) is 13.0 Å². The largest absolute Gasteiger partial charge is 0.507 e. The van der Waals surface area contributed by atoms with Gasteiger partial charge in [-0.3, -0.25) is 0 Å². The van der Waals surface area contributed by atoms with Crippen LogP contribution in [0.2, 0.25) is 0 Å². The molecule has 0 bridgehead atoms. The summed E-state index contributed by atoms with van der Waals surface area (Å²) >= 11 is 0. The molecular formula is C18H26O4. The monoisotopic (exact) mass is 306 g/mol. The number of rotatable bonds is 7. The van der Waals surface area contributed by atoms with Crippen molar-refractivity contribution in [3.05, 3.63) is 51.1 Å². The van der Waals surface area contributed by atoms with Gasteiger partial charge in [0.2, 0.25) is 0 Å². The van der Waals surface area contributed by atoms with E-state index in [-0.39, 0.29) is 17.7 Å². The van der Waals surface area contributed by atoms with Crippen molar-refractivity contribution in [2.45, 2.75) is 59.5 Å². The molecule has 1 rings (SSSR count). The van der Waals surface area contributed by atoms with Crippen LogP contribution < -0.4 is 5.63 Å². The van der Waals surface area contributed by atoms with Crippen LogP contribution in [0.4, 0.5) is 0 Å². The Morgan fingerprint density at radius 3 is 2.55 bits per heavy atom. The lowest BCUT2D eigenvalue weighted by molar-refractivity contribution is 0.185. The standard InChI is InChI=1S/C18H26O4/c1-12(2)6-5-7-13(3)8-9-16-17(20)11-15(10-14(4)19)22-18(16)21/h6,8,11,14,19-20H,5,7,9-10H2,1-4H3/t14-/m0/s1. The summed E-state index contributed by atoms with van der Waals surface area (Å²) < 4.78 is 5.13. The quantitative estimate of drug-likeness (QED) is 0.756. The van der Waals surface area contributed by atoms with E-state index < -0.39 is 11.7 Å². The van der Waals surface area contributed by atoms with Crippen molar-refractivity contribution in [2.75, 3.05) is 0 Å². The molecule has 4 nitrogen and oxygen atoms in total. The van der Waals surface area contributed by atoms with Crippen molar-refractivity contribution in [3.63, 3.8) is 0 Å². The molecule has 0 aliphatic rings. The van der Waals surface area contributed by atoms with Crippen LogP contribution in [-0.2, 0) is 12.8 Å². The maximum atomic E-state index is 11.9. The number of aliphatic hydroxyl groups excluding tert-OH is 1. The third kappa shape index (κ3) is 6.31. The topological polar surface area (TPSA) is 70.7 Å². The van der Waals surface area contributed by atoms with Crippen LogP contribution in [0, 0.1) is 0 Å². The first kappa shape index (κ1) is 18.2. The molecule has 0 unspecified atom stereocenters. The normalized spacial score (nSPS) is 13.0. The fourth-order valence-corrected chi connectivity index (χ4v) is 2.10. The summed E-state index contributed by atoms with van der Waals surface area (Å²) in [6.45, 7) is 7.75. The fourth-order valence-electron chi connectivity index (χ4n) is 2.10. The fraction of sp³-hybridized carbons (Fsp3) is 0.500. The third-order valence-corrected chi connectivity index (χ3v) is 3.32. The first-order chi connectivity index (χ1) is 10.3. The molecule has 1 atom stereocenters. The summed E-state index contributed by atoms with van der Waals surface area (Å²) in [5.41, 5.74) is 2.18. The molecule has 22 heavy (non-hydrogen) atoms. The molecular weight excluding hydrogens is 280 g/mol. The molecule has 0 aliphatic carbocycles. The summed E-state index contributed by atoms with van der Waals surface area (Å²) in [6, 6.07) is 1.41. The van der Waals surface area contributed by atoms with E-state index >= 15 is 0 Å². The van der Waals surface area contributed by atoms with Gasteiger partial charge >= 0.3 is 5.63 Å². The van der Waals surface area contributed by atoms with Gasteiger partial charge in [-0.25, -0.2) is 4.79 Å². The van der Waals surface area contributed by atoms with Crippen molar-refractivity contribution in [1.82, 2.24) is 0 Å². The molecule has 0 aromatic carbocycles. The molecule has 0 aliphatic heterocycles. The molecule has 0 saturated heterocycles. The van der Waals surface area contributed by atoms with Gasteiger partial charge in [-0.1, -0.05) is 23.3 Å². The number of aromatic hydroxyl groups is 1. The van der Waals surface area contributed by atoms with E-state index in [0.29, 0.717) is 12.2 Å². The highest BCUT2D eigenvalue weighted by Crippen LogP contribution is 2.18. The molecule has 0 spiro atoms. The lowest BCUT2D eigenvalue weighted by Gasteiger charge is -2.06. The molecule has 1 aromatic heterocycles. The zero-order valence-electron chi connectivity index (χ0n) is 13.8. The molecule has 0 radical (unpaired) electrons. The highest BCUT2D eigenvalue weighted by molar-refractivity contribution is 5.32. The van der Waals surface area contributed by atoms with E-state index in [1.54, 1.807) is 6.92 Å². The molecule has 4 heteroatoms. The van der Waals surface area contributed by atoms with Gasteiger partial charge in [0.15, 0.2) is 0 Å². The van der Waals surface area contributed by atoms with Gasteiger partial charge < -0.3 is 14.6 Å². The van der Waals surface area contributed by atoms with E-state index in [2.05, 4.69) is 19.9 Å². The Labute approximate surface area is 131 Å². The Morgan fingerprint density at radius 1 is 1.32 bits per heavy atom. The smallest absolute Gasteiger partial charge is 0.343 e. The lowest BCUT2D eigenvalue weighted by Crippen LogP contribution is -2.12. The molecule has 2 N–H and O–H groups in total. The zero-order chi connectivity index (χ0) is 16.7. The van der Waals surface area contributed by atoms with Crippen molar-refractivity contribution in [1.29, 1.82) is 0 Å². The minimum atomic E-state index is -0.620. The van der Waals surface area contributed by atoms with Crippen LogP contribution >= 0.6 is 0 Å².